The molecule has 0 aromatic rings. The first-order valence-electron chi connectivity index (χ1n) is 12.9. The Hall–Kier alpha value is -0.140. The molecule has 3 N–H and O–H groups in total. The van der Waals surface area contributed by atoms with Crippen molar-refractivity contribution in [1.29, 1.82) is 0 Å². The quantitative estimate of drug-likeness (QED) is 0.150. The van der Waals surface area contributed by atoms with E-state index in [-0.39, 0.29) is 49.9 Å². The summed E-state index contributed by atoms with van der Waals surface area (Å²) < 4.78 is 0. The molecule has 0 heterocycles. The number of nitrogens with one attached hydrogen (secondary N) is 1. The Morgan fingerprint density at radius 1 is 0.719 bits per heavy atom. The summed E-state index contributed by atoms with van der Waals surface area (Å²) >= 11 is 0. The number of amides is 1. The van der Waals surface area contributed by atoms with Crippen molar-refractivity contribution in [3.63, 3.8) is 0 Å². The Kier molecular flexibility index (Phi) is 28.8. The van der Waals surface area contributed by atoms with Crippen LogP contribution in [0.25, 0.3) is 0 Å². The summed E-state index contributed by atoms with van der Waals surface area (Å²) in [5.74, 6) is -0.781. The van der Waals surface area contributed by atoms with E-state index in [9.17, 15) is 9.59 Å². The van der Waals surface area contributed by atoms with Crippen LogP contribution >= 0.6 is 0 Å². The van der Waals surface area contributed by atoms with Gasteiger partial charge in [-0.3, -0.25) is 14.5 Å². The number of rotatable bonds is 24. The molecule has 0 spiro atoms. The summed E-state index contributed by atoms with van der Waals surface area (Å²) in [5, 5.41) is 20.7. The molecule has 0 saturated carbocycles. The minimum Gasteiger partial charge on any atom is -1.00 e. The van der Waals surface area contributed by atoms with E-state index < -0.39 is 5.97 Å². The van der Waals surface area contributed by atoms with Gasteiger partial charge in [0, 0.05) is 32.6 Å². The molecule has 0 aromatic heterocycles. The molecule has 32 heavy (non-hydrogen) atoms. The van der Waals surface area contributed by atoms with Gasteiger partial charge in [-0.05, 0) is 6.42 Å². The number of carbonyl (C=O) groups excluding carboxylic acids is 1. The third-order valence-corrected chi connectivity index (χ3v) is 5.82. The van der Waals surface area contributed by atoms with Gasteiger partial charge in [-0.1, -0.05) is 96.8 Å². The molecule has 0 atom stereocenters. The molecule has 7 heteroatoms. The van der Waals surface area contributed by atoms with Crippen molar-refractivity contribution in [2.24, 2.45) is 0 Å². The Balaban J connectivity index is -0.00000450. The molecule has 0 fully saturated rings. The van der Waals surface area contributed by atoms with Gasteiger partial charge in [0.2, 0.25) is 5.91 Å². The zero-order valence-corrected chi connectivity index (χ0v) is 23.2. The van der Waals surface area contributed by atoms with Crippen LogP contribution in [-0.4, -0.2) is 59.8 Å². The first-order valence-corrected chi connectivity index (χ1v) is 12.9. The Morgan fingerprint density at radius 3 is 1.62 bits per heavy atom. The fourth-order valence-corrected chi connectivity index (χ4v) is 3.83. The number of aliphatic hydroxyl groups excluding tert-OH is 1. The number of carboxylic acids is 1. The van der Waals surface area contributed by atoms with Gasteiger partial charge in [0.25, 0.3) is 0 Å². The normalized spacial score (nSPS) is 10.8. The second-order valence-corrected chi connectivity index (χ2v) is 8.76. The molecule has 6 nitrogen and oxygen atoms in total. The van der Waals surface area contributed by atoms with Crippen molar-refractivity contribution < 1.29 is 50.8 Å². The number of aliphatic carboxylic acids is 1. The fourth-order valence-electron chi connectivity index (χ4n) is 3.83. The number of unbranched alkanes of at least 4 members (excludes halogenated alkanes) is 14. The first kappa shape index (κ1) is 34.0. The van der Waals surface area contributed by atoms with Crippen LogP contribution in [0.5, 0.6) is 0 Å². The van der Waals surface area contributed by atoms with Crippen molar-refractivity contribution in [2.45, 2.75) is 116 Å². The maximum absolute atomic E-state index is 11.9. The molecular weight excluding hydrogens is 415 g/mol. The van der Waals surface area contributed by atoms with E-state index in [1.54, 1.807) is 0 Å². The average molecular weight is 467 g/mol. The molecule has 0 aliphatic carbocycles. The van der Waals surface area contributed by atoms with Gasteiger partial charge in [-0.15, -0.1) is 0 Å². The van der Waals surface area contributed by atoms with Crippen LogP contribution in [-0.2, 0) is 9.59 Å². The summed E-state index contributed by atoms with van der Waals surface area (Å²) in [7, 11) is 0. The number of hydrogen-bond donors (Lipinski definition) is 3. The molecule has 0 radical (unpaired) electrons. The van der Waals surface area contributed by atoms with Crippen molar-refractivity contribution in [3.05, 3.63) is 0 Å². The monoisotopic (exact) mass is 466 g/mol. The van der Waals surface area contributed by atoms with E-state index in [4.69, 9.17) is 10.2 Å². The zero-order chi connectivity index (χ0) is 23.0. The molecule has 1 amide bonds. The van der Waals surface area contributed by atoms with Gasteiger partial charge >= 0.3 is 35.5 Å². The minimum atomic E-state index is -0.847. The van der Waals surface area contributed by atoms with E-state index in [1.165, 1.54) is 83.5 Å². The summed E-state index contributed by atoms with van der Waals surface area (Å²) in [6.07, 6.45) is 20.4. The minimum absolute atomic E-state index is 0. The number of carbonyl (C=O) groups is 2. The van der Waals surface area contributed by atoms with Crippen LogP contribution in [0.15, 0.2) is 0 Å². The van der Waals surface area contributed by atoms with Gasteiger partial charge in [-0.25, -0.2) is 0 Å². The third kappa shape index (κ3) is 26.1. The van der Waals surface area contributed by atoms with Gasteiger partial charge in [0.1, 0.15) is 0 Å². The molecule has 0 aliphatic rings. The zero-order valence-electron chi connectivity index (χ0n) is 22.2. The maximum atomic E-state index is 11.9. The van der Waals surface area contributed by atoms with Crippen LogP contribution < -0.4 is 34.9 Å². The SMILES string of the molecule is CCCCCCCCCCCCCCCCCC(=O)NCCN(CCO)CCC(=O)O.[H-].[Na+]. The topological polar surface area (TPSA) is 89.9 Å². The van der Waals surface area contributed by atoms with Crippen molar-refractivity contribution in [1.82, 2.24) is 10.2 Å². The largest absolute Gasteiger partial charge is 1.00 e. The molecule has 0 bridgehead atoms. The molecule has 0 rings (SSSR count). The van der Waals surface area contributed by atoms with Gasteiger partial charge < -0.3 is 17.0 Å². The number of nitrogens with zero attached hydrogens (tertiary/aromatic N) is 1. The first-order chi connectivity index (χ1) is 15.1. The predicted molar refractivity (Wildman–Crippen MR) is 129 cm³/mol. The van der Waals surface area contributed by atoms with Crippen LogP contribution in [0.4, 0.5) is 0 Å². The van der Waals surface area contributed by atoms with Crippen LogP contribution in [0.2, 0.25) is 0 Å². The summed E-state index contributed by atoms with van der Waals surface area (Å²) in [4.78, 5) is 24.4. The fraction of sp³-hybridized carbons (Fsp3) is 0.920. The second-order valence-electron chi connectivity index (χ2n) is 8.76. The molecule has 0 aromatic carbocycles. The number of hydrogen-bond acceptors (Lipinski definition) is 4. The summed E-state index contributed by atoms with van der Waals surface area (Å²) in [6.45, 7) is 4.15. The van der Waals surface area contributed by atoms with Crippen molar-refractivity contribution in [3.8, 4) is 0 Å². The van der Waals surface area contributed by atoms with E-state index in [0.717, 1.165) is 12.8 Å². The number of aliphatic hydroxyl groups is 1. The second kappa shape index (κ2) is 27.1. The smallest absolute Gasteiger partial charge is 1.00 e. The standard InChI is InChI=1S/C25H50N2O4.Na.H/c1-2-3-4-5-6-7-8-9-10-11-12-13-14-15-16-17-24(29)26-19-21-27(22-23-28)20-18-25(30)31;;/h28H,2-23H2,1H3,(H,26,29)(H,30,31);;/q;+1;-1. The molecular formula is C25H51N2NaO4. The predicted octanol–water partition coefficient (Wildman–Crippen LogP) is 2.25. The van der Waals surface area contributed by atoms with Gasteiger partial charge in [0.05, 0.1) is 13.0 Å². The summed E-state index contributed by atoms with van der Waals surface area (Å²) in [6, 6.07) is 0. The van der Waals surface area contributed by atoms with Crippen LogP contribution in [0.3, 0.4) is 0 Å². The van der Waals surface area contributed by atoms with Crippen molar-refractivity contribution >= 4 is 11.9 Å². The van der Waals surface area contributed by atoms with E-state index in [0.29, 0.717) is 32.6 Å². The number of carboxylic acid groups (broad SMARTS) is 1. The van der Waals surface area contributed by atoms with Crippen molar-refractivity contribution in [2.75, 3.05) is 32.8 Å². The van der Waals surface area contributed by atoms with E-state index in [1.807, 2.05) is 4.90 Å². The van der Waals surface area contributed by atoms with Gasteiger partial charge in [-0.2, -0.15) is 0 Å². The molecule has 0 aliphatic heterocycles. The molecule has 186 valence electrons. The van der Waals surface area contributed by atoms with Crippen LogP contribution in [0.1, 0.15) is 118 Å². The Morgan fingerprint density at radius 2 is 1.19 bits per heavy atom. The molecule has 0 unspecified atom stereocenters. The third-order valence-electron chi connectivity index (χ3n) is 5.82. The Labute approximate surface area is 221 Å². The van der Waals surface area contributed by atoms with E-state index >= 15 is 0 Å². The summed E-state index contributed by atoms with van der Waals surface area (Å²) in [5.41, 5.74) is 0. The maximum Gasteiger partial charge on any atom is 1.00 e. The van der Waals surface area contributed by atoms with Gasteiger partial charge in [0.15, 0.2) is 0 Å². The Bertz CT molecular complexity index is 431. The van der Waals surface area contributed by atoms with E-state index in [2.05, 4.69) is 12.2 Å². The van der Waals surface area contributed by atoms with Crippen LogP contribution in [0, 0.1) is 0 Å². The average Bonchev–Trinajstić information content (AvgIpc) is 2.74. The molecule has 0 saturated heterocycles.